The van der Waals surface area contributed by atoms with Crippen LogP contribution in [0.3, 0.4) is 0 Å². The fourth-order valence-corrected chi connectivity index (χ4v) is 2.95. The van der Waals surface area contributed by atoms with E-state index in [4.69, 9.17) is 5.73 Å². The SMILES string of the molecule is CC(CN)CS(=O)(=O)c1ccccc1F. The van der Waals surface area contributed by atoms with Gasteiger partial charge in [-0.3, -0.25) is 0 Å². The standard InChI is InChI=1S/C10H14FNO2S/c1-8(6-12)7-15(13,14)10-5-3-2-4-9(10)11/h2-5,8H,6-7,12H2,1H3. The number of nitrogens with two attached hydrogens (primary N) is 1. The minimum atomic E-state index is -3.56. The van der Waals surface area contributed by atoms with Crippen LogP contribution in [-0.4, -0.2) is 20.7 Å². The Bertz CT molecular complexity index is 431. The van der Waals surface area contributed by atoms with Crippen LogP contribution in [0.4, 0.5) is 4.39 Å². The van der Waals surface area contributed by atoms with E-state index in [2.05, 4.69) is 0 Å². The highest BCUT2D eigenvalue weighted by Gasteiger charge is 2.20. The quantitative estimate of drug-likeness (QED) is 0.846. The third kappa shape index (κ3) is 3.00. The lowest BCUT2D eigenvalue weighted by atomic mass is 10.2. The van der Waals surface area contributed by atoms with E-state index in [0.717, 1.165) is 6.07 Å². The first-order chi connectivity index (χ1) is 6.97. The van der Waals surface area contributed by atoms with Crippen LogP contribution in [0.25, 0.3) is 0 Å². The molecule has 84 valence electrons. The molecule has 0 aliphatic carbocycles. The zero-order valence-electron chi connectivity index (χ0n) is 8.48. The Morgan fingerprint density at radius 3 is 2.53 bits per heavy atom. The predicted octanol–water partition coefficient (Wildman–Crippen LogP) is 1.19. The van der Waals surface area contributed by atoms with Gasteiger partial charge in [-0.15, -0.1) is 0 Å². The summed E-state index contributed by atoms with van der Waals surface area (Å²) in [5.74, 6) is -0.999. The maximum Gasteiger partial charge on any atom is 0.181 e. The number of sulfone groups is 1. The van der Waals surface area contributed by atoms with Crippen molar-refractivity contribution in [3.8, 4) is 0 Å². The summed E-state index contributed by atoms with van der Waals surface area (Å²) < 4.78 is 36.7. The molecule has 0 aromatic heterocycles. The van der Waals surface area contributed by atoms with Crippen molar-refractivity contribution < 1.29 is 12.8 Å². The highest BCUT2D eigenvalue weighted by Crippen LogP contribution is 2.17. The van der Waals surface area contributed by atoms with Crippen LogP contribution in [0, 0.1) is 11.7 Å². The fraction of sp³-hybridized carbons (Fsp3) is 0.400. The summed E-state index contributed by atoms with van der Waals surface area (Å²) in [4.78, 5) is -0.245. The van der Waals surface area contributed by atoms with Crippen LogP contribution in [0.15, 0.2) is 29.2 Å². The van der Waals surface area contributed by atoms with E-state index in [1.54, 1.807) is 6.92 Å². The first-order valence-electron chi connectivity index (χ1n) is 4.64. The van der Waals surface area contributed by atoms with Crippen molar-refractivity contribution in [2.75, 3.05) is 12.3 Å². The Kier molecular flexibility index (Phi) is 3.82. The Labute approximate surface area is 89.0 Å². The zero-order chi connectivity index (χ0) is 11.5. The molecule has 1 atom stereocenters. The van der Waals surface area contributed by atoms with Crippen LogP contribution in [0.5, 0.6) is 0 Å². The van der Waals surface area contributed by atoms with Crippen LogP contribution in [0.2, 0.25) is 0 Å². The van der Waals surface area contributed by atoms with Crippen molar-refractivity contribution in [1.29, 1.82) is 0 Å². The van der Waals surface area contributed by atoms with Gasteiger partial charge in [0.2, 0.25) is 0 Å². The number of benzene rings is 1. The van der Waals surface area contributed by atoms with Gasteiger partial charge in [-0.05, 0) is 24.6 Å². The molecule has 1 aromatic rings. The lowest BCUT2D eigenvalue weighted by Crippen LogP contribution is -2.21. The molecule has 2 N–H and O–H groups in total. The van der Waals surface area contributed by atoms with Gasteiger partial charge in [0.15, 0.2) is 9.84 Å². The second-order valence-corrected chi connectivity index (χ2v) is 5.56. The highest BCUT2D eigenvalue weighted by molar-refractivity contribution is 7.91. The summed E-state index contributed by atoms with van der Waals surface area (Å²) in [6, 6.07) is 5.37. The first kappa shape index (κ1) is 12.1. The lowest BCUT2D eigenvalue weighted by Gasteiger charge is -2.09. The number of hydrogen-bond donors (Lipinski definition) is 1. The maximum atomic E-state index is 13.2. The van der Waals surface area contributed by atoms with Gasteiger partial charge in [0.25, 0.3) is 0 Å². The molecule has 3 nitrogen and oxygen atoms in total. The molecule has 1 rings (SSSR count). The second-order valence-electron chi connectivity index (χ2n) is 3.55. The Morgan fingerprint density at radius 1 is 1.40 bits per heavy atom. The molecule has 1 unspecified atom stereocenters. The van der Waals surface area contributed by atoms with Gasteiger partial charge in [0.05, 0.1) is 5.75 Å². The summed E-state index contributed by atoms with van der Waals surface area (Å²) in [7, 11) is -3.56. The van der Waals surface area contributed by atoms with E-state index < -0.39 is 15.7 Å². The van der Waals surface area contributed by atoms with E-state index >= 15 is 0 Å². The third-order valence-corrected chi connectivity index (χ3v) is 4.09. The van der Waals surface area contributed by atoms with Crippen LogP contribution < -0.4 is 5.73 Å². The van der Waals surface area contributed by atoms with Gasteiger partial charge >= 0.3 is 0 Å². The average molecular weight is 231 g/mol. The Balaban J connectivity index is 3.02. The van der Waals surface area contributed by atoms with Crippen LogP contribution >= 0.6 is 0 Å². The van der Waals surface area contributed by atoms with Gasteiger partial charge < -0.3 is 5.73 Å². The van der Waals surface area contributed by atoms with E-state index in [9.17, 15) is 12.8 Å². The van der Waals surface area contributed by atoms with Crippen molar-refractivity contribution >= 4 is 9.84 Å². The van der Waals surface area contributed by atoms with Gasteiger partial charge in [-0.1, -0.05) is 19.1 Å². The van der Waals surface area contributed by atoms with Crippen molar-refractivity contribution in [1.82, 2.24) is 0 Å². The van der Waals surface area contributed by atoms with Crippen LogP contribution in [-0.2, 0) is 9.84 Å². The molecule has 0 aliphatic rings. The summed E-state index contributed by atoms with van der Waals surface area (Å²) in [6.45, 7) is 1.99. The predicted molar refractivity (Wildman–Crippen MR) is 56.7 cm³/mol. The third-order valence-electron chi connectivity index (χ3n) is 2.08. The van der Waals surface area contributed by atoms with Gasteiger partial charge in [0, 0.05) is 0 Å². The molecule has 0 aliphatic heterocycles. The molecule has 0 spiro atoms. The molecule has 0 fully saturated rings. The molecule has 0 radical (unpaired) electrons. The number of hydrogen-bond acceptors (Lipinski definition) is 3. The monoisotopic (exact) mass is 231 g/mol. The van der Waals surface area contributed by atoms with Gasteiger partial charge in [-0.25, -0.2) is 12.8 Å². The topological polar surface area (TPSA) is 60.2 Å². The van der Waals surface area contributed by atoms with E-state index in [1.807, 2.05) is 0 Å². The number of halogens is 1. The van der Waals surface area contributed by atoms with Crippen molar-refractivity contribution in [2.45, 2.75) is 11.8 Å². The lowest BCUT2D eigenvalue weighted by molar-refractivity contribution is 0.553. The van der Waals surface area contributed by atoms with Gasteiger partial charge in [-0.2, -0.15) is 0 Å². The van der Waals surface area contributed by atoms with E-state index in [0.29, 0.717) is 0 Å². The second kappa shape index (κ2) is 4.72. The maximum absolute atomic E-state index is 13.2. The largest absolute Gasteiger partial charge is 0.330 e. The molecular formula is C10H14FNO2S. The normalized spacial score (nSPS) is 13.8. The van der Waals surface area contributed by atoms with Crippen molar-refractivity contribution in [3.05, 3.63) is 30.1 Å². The van der Waals surface area contributed by atoms with E-state index in [1.165, 1.54) is 18.2 Å². The minimum absolute atomic E-state index is 0.121. The Morgan fingerprint density at radius 2 is 2.00 bits per heavy atom. The molecule has 0 saturated carbocycles. The molecule has 15 heavy (non-hydrogen) atoms. The molecule has 1 aromatic carbocycles. The number of rotatable bonds is 4. The molecular weight excluding hydrogens is 217 g/mol. The first-order valence-corrected chi connectivity index (χ1v) is 6.30. The smallest absolute Gasteiger partial charge is 0.181 e. The average Bonchev–Trinajstić information content (AvgIpc) is 2.17. The van der Waals surface area contributed by atoms with Gasteiger partial charge in [0.1, 0.15) is 10.7 Å². The summed E-state index contributed by atoms with van der Waals surface area (Å²) in [5, 5.41) is 0. The summed E-state index contributed by atoms with van der Waals surface area (Å²) >= 11 is 0. The molecule has 0 saturated heterocycles. The summed E-state index contributed by atoms with van der Waals surface area (Å²) in [6.07, 6.45) is 0. The summed E-state index contributed by atoms with van der Waals surface area (Å²) in [5.41, 5.74) is 5.34. The molecule has 0 bridgehead atoms. The zero-order valence-corrected chi connectivity index (χ0v) is 9.30. The molecule has 0 heterocycles. The minimum Gasteiger partial charge on any atom is -0.330 e. The highest BCUT2D eigenvalue weighted by atomic mass is 32.2. The molecule has 0 amide bonds. The van der Waals surface area contributed by atoms with E-state index in [-0.39, 0.29) is 23.1 Å². The van der Waals surface area contributed by atoms with Crippen LogP contribution in [0.1, 0.15) is 6.92 Å². The Hall–Kier alpha value is -0.940. The fourth-order valence-electron chi connectivity index (χ4n) is 1.23. The molecule has 5 heteroatoms. The van der Waals surface area contributed by atoms with Crippen molar-refractivity contribution in [2.24, 2.45) is 11.7 Å². The van der Waals surface area contributed by atoms with Crippen molar-refractivity contribution in [3.63, 3.8) is 0 Å².